The van der Waals surface area contributed by atoms with Gasteiger partial charge in [0.05, 0.1) is 24.8 Å². The van der Waals surface area contributed by atoms with Crippen LogP contribution >= 0.6 is 11.6 Å². The molecule has 0 fully saturated rings. The van der Waals surface area contributed by atoms with E-state index in [-0.39, 0.29) is 12.5 Å². The lowest BCUT2D eigenvalue weighted by Gasteiger charge is -2.10. The smallest absolute Gasteiger partial charge is 0.254 e. The van der Waals surface area contributed by atoms with E-state index in [2.05, 4.69) is 21.5 Å². The van der Waals surface area contributed by atoms with Gasteiger partial charge in [-0.1, -0.05) is 41.8 Å². The lowest BCUT2D eigenvalue weighted by atomic mass is 10.1. The number of carbonyl (C=O) groups is 1. The molecule has 0 unspecified atom stereocenters. The van der Waals surface area contributed by atoms with Crippen molar-refractivity contribution in [2.45, 2.75) is 6.54 Å². The number of hydrogen-bond acceptors (Lipinski definition) is 4. The van der Waals surface area contributed by atoms with E-state index < -0.39 is 0 Å². The number of rotatable bonds is 6. The van der Waals surface area contributed by atoms with Crippen molar-refractivity contribution in [2.24, 2.45) is 0 Å². The van der Waals surface area contributed by atoms with Crippen LogP contribution in [0.15, 0.2) is 59.1 Å². The fourth-order valence-electron chi connectivity index (χ4n) is 2.40. The van der Waals surface area contributed by atoms with E-state index in [0.717, 1.165) is 5.56 Å². The standard InChI is InChI=1S/C20H16ClN3O2/c1-2-10-22-20(25)16-8-3-4-9-17(16)23-13-19-24-12-18(26-19)14-6-5-7-15(21)11-14/h1,3-9,11-12,23H,10,13H2,(H,22,25). The second kappa shape index (κ2) is 8.24. The maximum Gasteiger partial charge on any atom is 0.254 e. The number of terminal acetylenes is 1. The Bertz CT molecular complexity index is 959. The third-order valence-electron chi connectivity index (χ3n) is 3.62. The number of aromatic nitrogens is 1. The van der Waals surface area contributed by atoms with Gasteiger partial charge in [-0.2, -0.15) is 0 Å². The lowest BCUT2D eigenvalue weighted by molar-refractivity contribution is 0.0959. The zero-order chi connectivity index (χ0) is 18.4. The summed E-state index contributed by atoms with van der Waals surface area (Å²) < 4.78 is 5.75. The molecule has 1 heterocycles. The number of carbonyl (C=O) groups excluding carboxylic acids is 1. The minimum atomic E-state index is -0.238. The van der Waals surface area contributed by atoms with Gasteiger partial charge in [0.15, 0.2) is 5.76 Å². The molecule has 3 rings (SSSR count). The molecule has 0 bridgehead atoms. The summed E-state index contributed by atoms with van der Waals surface area (Å²) in [5.41, 5.74) is 2.03. The number of nitrogens with one attached hydrogen (secondary N) is 2. The summed E-state index contributed by atoms with van der Waals surface area (Å²) in [5, 5.41) is 6.45. The van der Waals surface area contributed by atoms with Crippen LogP contribution in [0, 0.1) is 12.3 Å². The van der Waals surface area contributed by atoms with Crippen LogP contribution in [0.3, 0.4) is 0 Å². The first kappa shape index (κ1) is 17.6. The minimum Gasteiger partial charge on any atom is -0.439 e. The highest BCUT2D eigenvalue weighted by Gasteiger charge is 2.11. The average Bonchev–Trinajstić information content (AvgIpc) is 3.14. The number of para-hydroxylation sites is 1. The van der Waals surface area contributed by atoms with E-state index in [1.807, 2.05) is 30.3 Å². The minimum absolute atomic E-state index is 0.176. The highest BCUT2D eigenvalue weighted by atomic mass is 35.5. The first-order valence-corrected chi connectivity index (χ1v) is 8.30. The van der Waals surface area contributed by atoms with Crippen molar-refractivity contribution in [1.82, 2.24) is 10.3 Å². The van der Waals surface area contributed by atoms with Crippen LogP contribution < -0.4 is 10.6 Å². The van der Waals surface area contributed by atoms with Crippen LogP contribution in [-0.4, -0.2) is 17.4 Å². The lowest BCUT2D eigenvalue weighted by Crippen LogP contribution is -2.24. The molecule has 0 saturated carbocycles. The Morgan fingerprint density at radius 2 is 2.08 bits per heavy atom. The third-order valence-corrected chi connectivity index (χ3v) is 3.85. The summed E-state index contributed by atoms with van der Waals surface area (Å²) in [6, 6.07) is 14.5. The first-order valence-electron chi connectivity index (χ1n) is 7.92. The Hall–Kier alpha value is -3.23. The largest absolute Gasteiger partial charge is 0.439 e. The van der Waals surface area contributed by atoms with Gasteiger partial charge in [-0.15, -0.1) is 6.42 Å². The number of halogens is 1. The van der Waals surface area contributed by atoms with Gasteiger partial charge < -0.3 is 15.1 Å². The van der Waals surface area contributed by atoms with Crippen molar-refractivity contribution < 1.29 is 9.21 Å². The predicted molar refractivity (Wildman–Crippen MR) is 102 cm³/mol. The fourth-order valence-corrected chi connectivity index (χ4v) is 2.59. The quantitative estimate of drug-likeness (QED) is 0.648. The number of anilines is 1. The van der Waals surface area contributed by atoms with Gasteiger partial charge in [-0.3, -0.25) is 4.79 Å². The molecule has 3 aromatic rings. The maximum atomic E-state index is 12.2. The molecule has 2 N–H and O–H groups in total. The van der Waals surface area contributed by atoms with Gasteiger partial charge in [0.1, 0.15) is 0 Å². The summed E-state index contributed by atoms with van der Waals surface area (Å²) in [4.78, 5) is 16.4. The second-order valence-electron chi connectivity index (χ2n) is 5.41. The topological polar surface area (TPSA) is 67.2 Å². The van der Waals surface area contributed by atoms with Crippen LogP contribution in [0.1, 0.15) is 16.2 Å². The molecule has 0 aliphatic carbocycles. The van der Waals surface area contributed by atoms with Crippen molar-refractivity contribution in [3.05, 3.63) is 71.2 Å². The van der Waals surface area contributed by atoms with E-state index in [4.69, 9.17) is 22.4 Å². The van der Waals surface area contributed by atoms with Crippen LogP contribution in [0.2, 0.25) is 5.02 Å². The molecule has 0 aliphatic rings. The van der Waals surface area contributed by atoms with Gasteiger partial charge in [0.25, 0.3) is 5.91 Å². The van der Waals surface area contributed by atoms with Crippen molar-refractivity contribution in [2.75, 3.05) is 11.9 Å². The monoisotopic (exact) mass is 365 g/mol. The van der Waals surface area contributed by atoms with Gasteiger partial charge in [0.2, 0.25) is 5.89 Å². The Morgan fingerprint density at radius 3 is 2.88 bits per heavy atom. The van der Waals surface area contributed by atoms with Gasteiger partial charge in [-0.25, -0.2) is 4.98 Å². The van der Waals surface area contributed by atoms with Crippen molar-refractivity contribution in [1.29, 1.82) is 0 Å². The summed E-state index contributed by atoms with van der Waals surface area (Å²) in [6.45, 7) is 0.510. The molecule has 0 aliphatic heterocycles. The van der Waals surface area contributed by atoms with Crippen molar-refractivity contribution >= 4 is 23.2 Å². The second-order valence-corrected chi connectivity index (χ2v) is 5.85. The van der Waals surface area contributed by atoms with Crippen LogP contribution in [0.4, 0.5) is 5.69 Å². The van der Waals surface area contributed by atoms with Crippen LogP contribution in [0.25, 0.3) is 11.3 Å². The maximum absolute atomic E-state index is 12.2. The molecule has 130 valence electrons. The summed E-state index contributed by atoms with van der Waals surface area (Å²) in [6.07, 6.45) is 6.82. The van der Waals surface area contributed by atoms with E-state index in [9.17, 15) is 4.79 Å². The molecule has 2 aromatic carbocycles. The normalized spacial score (nSPS) is 10.2. The number of hydrogen-bond donors (Lipinski definition) is 2. The molecule has 5 nitrogen and oxygen atoms in total. The zero-order valence-corrected chi connectivity index (χ0v) is 14.6. The number of benzene rings is 2. The van der Waals surface area contributed by atoms with E-state index in [0.29, 0.717) is 34.5 Å². The van der Waals surface area contributed by atoms with E-state index in [1.165, 1.54) is 0 Å². The number of oxazole rings is 1. The highest BCUT2D eigenvalue weighted by molar-refractivity contribution is 6.30. The molecular weight excluding hydrogens is 350 g/mol. The Morgan fingerprint density at radius 1 is 1.23 bits per heavy atom. The molecule has 1 amide bonds. The van der Waals surface area contributed by atoms with Gasteiger partial charge >= 0.3 is 0 Å². The van der Waals surface area contributed by atoms with Gasteiger partial charge in [-0.05, 0) is 24.3 Å². The Kier molecular flexibility index (Phi) is 5.57. The molecule has 0 atom stereocenters. The van der Waals surface area contributed by atoms with Gasteiger partial charge in [0, 0.05) is 16.3 Å². The number of nitrogens with zero attached hydrogens (tertiary/aromatic N) is 1. The molecule has 6 heteroatoms. The zero-order valence-electron chi connectivity index (χ0n) is 13.8. The Labute approximate surface area is 156 Å². The van der Waals surface area contributed by atoms with Crippen LogP contribution in [0.5, 0.6) is 0 Å². The van der Waals surface area contributed by atoms with E-state index >= 15 is 0 Å². The summed E-state index contributed by atoms with van der Waals surface area (Å²) in [7, 11) is 0. The summed E-state index contributed by atoms with van der Waals surface area (Å²) >= 11 is 6.00. The fraction of sp³-hybridized carbons (Fsp3) is 0.100. The highest BCUT2D eigenvalue weighted by Crippen LogP contribution is 2.24. The van der Waals surface area contributed by atoms with Crippen molar-refractivity contribution in [3.8, 4) is 23.7 Å². The van der Waals surface area contributed by atoms with Crippen molar-refractivity contribution in [3.63, 3.8) is 0 Å². The molecular formula is C20H16ClN3O2. The molecule has 0 saturated heterocycles. The molecule has 1 aromatic heterocycles. The van der Waals surface area contributed by atoms with E-state index in [1.54, 1.807) is 24.4 Å². The molecule has 26 heavy (non-hydrogen) atoms. The SMILES string of the molecule is C#CCNC(=O)c1ccccc1NCc1ncc(-c2cccc(Cl)c2)o1. The Balaban J connectivity index is 1.71. The molecule has 0 radical (unpaired) electrons. The number of amides is 1. The average molecular weight is 366 g/mol. The molecule has 0 spiro atoms. The predicted octanol–water partition coefficient (Wildman–Crippen LogP) is 3.97. The van der Waals surface area contributed by atoms with Crippen LogP contribution in [-0.2, 0) is 6.54 Å². The third kappa shape index (κ3) is 4.24. The summed E-state index contributed by atoms with van der Waals surface area (Å²) in [5.74, 6) is 3.27. The first-order chi connectivity index (χ1) is 12.7.